The summed E-state index contributed by atoms with van der Waals surface area (Å²) in [4.78, 5) is 16.6. The number of benzene rings is 1. The van der Waals surface area contributed by atoms with Gasteiger partial charge in [0.1, 0.15) is 11.4 Å². The first-order valence-corrected chi connectivity index (χ1v) is 8.58. The van der Waals surface area contributed by atoms with Crippen LogP contribution in [0.5, 0.6) is 5.75 Å². The average molecular weight is 337 g/mol. The first-order chi connectivity index (χ1) is 12.1. The van der Waals surface area contributed by atoms with E-state index in [9.17, 15) is 4.79 Å². The maximum atomic E-state index is 12.2. The number of fused-ring (bicyclic) bond motifs is 1. The van der Waals surface area contributed by atoms with Crippen molar-refractivity contribution in [3.8, 4) is 5.75 Å². The van der Waals surface area contributed by atoms with Gasteiger partial charge in [0.15, 0.2) is 0 Å². The average Bonchev–Trinajstić information content (AvgIpc) is 3.02. The van der Waals surface area contributed by atoms with Crippen LogP contribution >= 0.6 is 0 Å². The molecule has 1 amide bonds. The highest BCUT2D eigenvalue weighted by molar-refractivity contribution is 5.94. The lowest BCUT2D eigenvalue weighted by molar-refractivity contribution is 0.0952. The molecule has 0 radical (unpaired) electrons. The molecule has 0 bridgehead atoms. The summed E-state index contributed by atoms with van der Waals surface area (Å²) in [7, 11) is 0. The molecule has 0 unspecified atom stereocenters. The van der Waals surface area contributed by atoms with Gasteiger partial charge < -0.3 is 14.6 Å². The maximum absolute atomic E-state index is 12.2. The van der Waals surface area contributed by atoms with Crippen molar-refractivity contribution in [3.05, 3.63) is 60.4 Å². The molecule has 5 heteroatoms. The van der Waals surface area contributed by atoms with Gasteiger partial charge in [0, 0.05) is 36.4 Å². The number of carbonyl (C=O) groups is 1. The van der Waals surface area contributed by atoms with E-state index in [0.717, 1.165) is 29.7 Å². The second kappa shape index (κ2) is 7.83. The Morgan fingerprint density at radius 3 is 2.76 bits per heavy atom. The topological polar surface area (TPSA) is 56.1 Å². The second-order valence-corrected chi connectivity index (χ2v) is 6.23. The fraction of sp³-hybridized carbons (Fsp3) is 0.300. The van der Waals surface area contributed by atoms with E-state index in [0.29, 0.717) is 12.1 Å². The van der Waals surface area contributed by atoms with Crippen molar-refractivity contribution in [2.75, 3.05) is 6.54 Å². The van der Waals surface area contributed by atoms with Crippen LogP contribution < -0.4 is 10.1 Å². The van der Waals surface area contributed by atoms with Gasteiger partial charge in [-0.25, -0.2) is 4.98 Å². The van der Waals surface area contributed by atoms with Crippen LogP contribution in [0.15, 0.2) is 54.9 Å². The van der Waals surface area contributed by atoms with Crippen molar-refractivity contribution in [3.63, 3.8) is 0 Å². The molecule has 1 aromatic carbocycles. The van der Waals surface area contributed by atoms with Gasteiger partial charge in [-0.05, 0) is 62.7 Å². The summed E-state index contributed by atoms with van der Waals surface area (Å²) in [6, 6.07) is 13.3. The van der Waals surface area contributed by atoms with Gasteiger partial charge in [-0.3, -0.25) is 4.79 Å². The second-order valence-electron chi connectivity index (χ2n) is 6.23. The third-order valence-electron chi connectivity index (χ3n) is 3.87. The molecule has 130 valence electrons. The number of hydrogen-bond acceptors (Lipinski definition) is 3. The number of pyridine rings is 1. The molecule has 0 spiro atoms. The van der Waals surface area contributed by atoms with Gasteiger partial charge in [-0.2, -0.15) is 0 Å². The van der Waals surface area contributed by atoms with Crippen LogP contribution in [-0.4, -0.2) is 28.1 Å². The molecule has 25 heavy (non-hydrogen) atoms. The lowest BCUT2D eigenvalue weighted by Crippen LogP contribution is -2.25. The van der Waals surface area contributed by atoms with Crippen LogP contribution in [0.2, 0.25) is 0 Å². The number of nitrogens with one attached hydrogen (secondary N) is 1. The number of aromatic nitrogens is 2. The predicted molar refractivity (Wildman–Crippen MR) is 98.9 cm³/mol. The van der Waals surface area contributed by atoms with Crippen molar-refractivity contribution >= 4 is 16.9 Å². The Morgan fingerprint density at radius 1 is 1.20 bits per heavy atom. The predicted octanol–water partition coefficient (Wildman–Crippen LogP) is 3.64. The van der Waals surface area contributed by atoms with E-state index in [1.165, 1.54) is 0 Å². The summed E-state index contributed by atoms with van der Waals surface area (Å²) >= 11 is 0. The van der Waals surface area contributed by atoms with Crippen molar-refractivity contribution in [1.29, 1.82) is 0 Å². The molecule has 0 fully saturated rings. The molecule has 0 atom stereocenters. The third kappa shape index (κ3) is 4.38. The molecule has 2 heterocycles. The number of hydrogen-bond donors (Lipinski definition) is 1. The Kier molecular flexibility index (Phi) is 5.33. The molecule has 1 N–H and O–H groups in total. The Bertz CT molecular complexity index is 838. The normalized spacial score (nSPS) is 11.0. The van der Waals surface area contributed by atoms with E-state index >= 15 is 0 Å². The van der Waals surface area contributed by atoms with Crippen LogP contribution in [0.1, 0.15) is 30.6 Å². The van der Waals surface area contributed by atoms with Crippen LogP contribution in [0.25, 0.3) is 11.0 Å². The SMILES string of the molecule is CC(C)Oc1ccc(C(=O)NCCCn2ccc3cccnc32)cc1. The molecule has 0 aliphatic heterocycles. The highest BCUT2D eigenvalue weighted by atomic mass is 16.5. The molecule has 3 aromatic rings. The molecular weight excluding hydrogens is 314 g/mol. The van der Waals surface area contributed by atoms with Gasteiger partial charge in [0.05, 0.1) is 6.10 Å². The molecule has 2 aromatic heterocycles. The van der Waals surface area contributed by atoms with Gasteiger partial charge in [0.25, 0.3) is 5.91 Å². The van der Waals surface area contributed by atoms with Crippen LogP contribution in [0, 0.1) is 0 Å². The summed E-state index contributed by atoms with van der Waals surface area (Å²) < 4.78 is 7.69. The minimum absolute atomic E-state index is 0.0633. The highest BCUT2D eigenvalue weighted by Crippen LogP contribution is 2.14. The molecule has 5 nitrogen and oxygen atoms in total. The monoisotopic (exact) mass is 337 g/mol. The number of rotatable bonds is 7. The Morgan fingerprint density at radius 2 is 2.00 bits per heavy atom. The van der Waals surface area contributed by atoms with Gasteiger partial charge in [0.2, 0.25) is 0 Å². The summed E-state index contributed by atoms with van der Waals surface area (Å²) in [5.74, 6) is 0.713. The Labute approximate surface area is 147 Å². The lowest BCUT2D eigenvalue weighted by atomic mass is 10.2. The van der Waals surface area contributed by atoms with Crippen LogP contribution in [-0.2, 0) is 6.54 Å². The lowest BCUT2D eigenvalue weighted by Gasteiger charge is -2.10. The first-order valence-electron chi connectivity index (χ1n) is 8.58. The number of ether oxygens (including phenoxy) is 1. The van der Waals surface area contributed by atoms with E-state index < -0.39 is 0 Å². The summed E-state index contributed by atoms with van der Waals surface area (Å²) in [6.07, 6.45) is 4.81. The van der Waals surface area contributed by atoms with Crippen molar-refractivity contribution in [1.82, 2.24) is 14.9 Å². The largest absolute Gasteiger partial charge is 0.491 e. The number of nitrogens with zero attached hydrogens (tertiary/aromatic N) is 2. The molecule has 0 aliphatic rings. The van der Waals surface area contributed by atoms with E-state index in [1.807, 2.05) is 44.3 Å². The van der Waals surface area contributed by atoms with Crippen molar-refractivity contribution < 1.29 is 9.53 Å². The molecule has 0 saturated heterocycles. The minimum Gasteiger partial charge on any atom is -0.491 e. The van der Waals surface area contributed by atoms with E-state index in [2.05, 4.69) is 20.9 Å². The van der Waals surface area contributed by atoms with Gasteiger partial charge in [-0.15, -0.1) is 0 Å². The summed E-state index contributed by atoms with van der Waals surface area (Å²) in [5.41, 5.74) is 1.62. The fourth-order valence-electron chi connectivity index (χ4n) is 2.71. The smallest absolute Gasteiger partial charge is 0.251 e. The maximum Gasteiger partial charge on any atom is 0.251 e. The van der Waals surface area contributed by atoms with Crippen molar-refractivity contribution in [2.24, 2.45) is 0 Å². The van der Waals surface area contributed by atoms with Crippen molar-refractivity contribution in [2.45, 2.75) is 32.9 Å². The van der Waals surface area contributed by atoms with E-state index in [4.69, 9.17) is 4.74 Å². The zero-order valence-corrected chi connectivity index (χ0v) is 14.6. The summed E-state index contributed by atoms with van der Waals surface area (Å²) in [6.45, 7) is 5.39. The standard InChI is InChI=1S/C20H23N3O2/c1-15(2)25-18-8-6-17(7-9-18)20(24)22-12-4-13-23-14-10-16-5-3-11-21-19(16)23/h3,5-11,14-15H,4,12-13H2,1-2H3,(H,22,24). The number of carbonyl (C=O) groups excluding carboxylic acids is 1. The van der Waals surface area contributed by atoms with Gasteiger partial charge in [-0.1, -0.05) is 0 Å². The molecular formula is C20H23N3O2. The number of aryl methyl sites for hydroxylation is 1. The third-order valence-corrected chi connectivity index (χ3v) is 3.87. The van der Waals surface area contributed by atoms with E-state index in [1.54, 1.807) is 18.3 Å². The molecule has 0 aliphatic carbocycles. The molecule has 3 rings (SSSR count). The Balaban J connectivity index is 1.48. The van der Waals surface area contributed by atoms with Crippen LogP contribution in [0.3, 0.4) is 0 Å². The minimum atomic E-state index is -0.0633. The zero-order valence-electron chi connectivity index (χ0n) is 14.6. The zero-order chi connectivity index (χ0) is 17.6. The molecule has 0 saturated carbocycles. The van der Waals surface area contributed by atoms with E-state index in [-0.39, 0.29) is 12.0 Å². The number of amides is 1. The van der Waals surface area contributed by atoms with Gasteiger partial charge >= 0.3 is 0 Å². The fourth-order valence-corrected chi connectivity index (χ4v) is 2.71. The quantitative estimate of drug-likeness (QED) is 0.670. The highest BCUT2D eigenvalue weighted by Gasteiger charge is 2.06. The first kappa shape index (κ1) is 17.0. The Hall–Kier alpha value is -2.82. The summed E-state index contributed by atoms with van der Waals surface area (Å²) in [5, 5.41) is 4.09. The van der Waals surface area contributed by atoms with Crippen LogP contribution in [0.4, 0.5) is 0 Å².